The van der Waals surface area contributed by atoms with Gasteiger partial charge in [-0.1, -0.05) is 11.6 Å². The summed E-state index contributed by atoms with van der Waals surface area (Å²) in [5.74, 6) is -0.228. The maximum atomic E-state index is 13.6. The first kappa shape index (κ1) is 14.8. The van der Waals surface area contributed by atoms with E-state index in [0.717, 1.165) is 32.3 Å². The summed E-state index contributed by atoms with van der Waals surface area (Å²) in [5.41, 5.74) is 6.68. The Kier molecular flexibility index (Phi) is 5.61. The van der Waals surface area contributed by atoms with Gasteiger partial charge in [0.2, 0.25) is 0 Å². The summed E-state index contributed by atoms with van der Waals surface area (Å²) < 4.78 is 19.3. The first-order valence-corrected chi connectivity index (χ1v) is 7.34. The molecule has 19 heavy (non-hydrogen) atoms. The van der Waals surface area contributed by atoms with E-state index in [1.807, 2.05) is 0 Å². The maximum absolute atomic E-state index is 13.6. The molecule has 0 aromatic heterocycles. The predicted octanol–water partition coefficient (Wildman–Crippen LogP) is 3.70. The molecule has 0 amide bonds. The van der Waals surface area contributed by atoms with Crippen LogP contribution >= 0.6 is 11.6 Å². The lowest BCUT2D eigenvalue weighted by molar-refractivity contribution is 0.00915. The standard InChI is InChI=1S/C15H21ClFNO/c16-12-4-7-15(17)11(9-12)10-13(18)5-6-14-3-1-2-8-19-14/h4,7,9,13-14H,1-3,5-6,8,10,18H2. The quantitative estimate of drug-likeness (QED) is 0.895. The summed E-state index contributed by atoms with van der Waals surface area (Å²) in [5, 5.41) is 0.555. The normalized spacial score (nSPS) is 21.3. The van der Waals surface area contributed by atoms with Crippen LogP contribution in [0.1, 0.15) is 37.7 Å². The minimum absolute atomic E-state index is 0.0431. The fourth-order valence-electron chi connectivity index (χ4n) is 2.52. The molecular formula is C15H21ClFNO. The van der Waals surface area contributed by atoms with Crippen LogP contribution in [0.15, 0.2) is 18.2 Å². The van der Waals surface area contributed by atoms with Gasteiger partial charge < -0.3 is 10.5 Å². The van der Waals surface area contributed by atoms with Crippen molar-refractivity contribution in [2.24, 2.45) is 5.73 Å². The van der Waals surface area contributed by atoms with E-state index in [-0.39, 0.29) is 11.9 Å². The van der Waals surface area contributed by atoms with Crippen LogP contribution in [0.5, 0.6) is 0 Å². The Morgan fingerprint density at radius 3 is 3.00 bits per heavy atom. The van der Waals surface area contributed by atoms with Crippen LogP contribution in [-0.2, 0) is 11.2 Å². The van der Waals surface area contributed by atoms with E-state index in [0.29, 0.717) is 23.1 Å². The largest absolute Gasteiger partial charge is 0.378 e. The average molecular weight is 286 g/mol. The summed E-state index contributed by atoms with van der Waals surface area (Å²) in [6.07, 6.45) is 6.21. The molecule has 2 atom stereocenters. The lowest BCUT2D eigenvalue weighted by Crippen LogP contribution is -2.27. The average Bonchev–Trinajstić information content (AvgIpc) is 2.42. The van der Waals surface area contributed by atoms with E-state index in [9.17, 15) is 4.39 Å². The van der Waals surface area contributed by atoms with Crippen LogP contribution in [0.3, 0.4) is 0 Å². The molecule has 2 rings (SSSR count). The molecule has 0 radical (unpaired) electrons. The first-order valence-electron chi connectivity index (χ1n) is 6.96. The van der Waals surface area contributed by atoms with Gasteiger partial charge in [0.1, 0.15) is 5.82 Å². The summed E-state index contributed by atoms with van der Waals surface area (Å²) in [6.45, 7) is 0.864. The van der Waals surface area contributed by atoms with Crippen LogP contribution in [0.4, 0.5) is 4.39 Å². The van der Waals surface area contributed by atoms with E-state index in [4.69, 9.17) is 22.1 Å². The second-order valence-electron chi connectivity index (χ2n) is 5.27. The van der Waals surface area contributed by atoms with Gasteiger partial charge in [-0.3, -0.25) is 0 Å². The lowest BCUT2D eigenvalue weighted by atomic mass is 9.98. The Labute approximate surface area is 119 Å². The fraction of sp³-hybridized carbons (Fsp3) is 0.600. The summed E-state index contributed by atoms with van der Waals surface area (Å²) in [4.78, 5) is 0. The SMILES string of the molecule is NC(CCC1CCCCO1)Cc1cc(Cl)ccc1F. The minimum atomic E-state index is -0.228. The zero-order valence-electron chi connectivity index (χ0n) is 11.1. The molecule has 1 aliphatic rings. The van der Waals surface area contributed by atoms with Crippen molar-refractivity contribution in [3.63, 3.8) is 0 Å². The van der Waals surface area contributed by atoms with Gasteiger partial charge in [-0.2, -0.15) is 0 Å². The smallest absolute Gasteiger partial charge is 0.126 e. The van der Waals surface area contributed by atoms with Gasteiger partial charge in [0, 0.05) is 17.7 Å². The zero-order chi connectivity index (χ0) is 13.7. The van der Waals surface area contributed by atoms with E-state index < -0.39 is 0 Å². The first-order chi connectivity index (χ1) is 9.15. The Hall–Kier alpha value is -0.640. The van der Waals surface area contributed by atoms with Crippen molar-refractivity contribution in [3.05, 3.63) is 34.6 Å². The third-order valence-corrected chi connectivity index (χ3v) is 3.86. The summed E-state index contributed by atoms with van der Waals surface area (Å²) in [7, 11) is 0. The molecule has 1 heterocycles. The summed E-state index contributed by atoms with van der Waals surface area (Å²) >= 11 is 5.87. The summed E-state index contributed by atoms with van der Waals surface area (Å²) in [6, 6.07) is 4.57. The predicted molar refractivity (Wildman–Crippen MR) is 75.9 cm³/mol. The van der Waals surface area contributed by atoms with Crippen LogP contribution in [0, 0.1) is 5.82 Å². The molecule has 1 fully saturated rings. The zero-order valence-corrected chi connectivity index (χ0v) is 11.8. The number of rotatable bonds is 5. The van der Waals surface area contributed by atoms with Gasteiger partial charge >= 0.3 is 0 Å². The molecule has 4 heteroatoms. The number of hydrogen-bond acceptors (Lipinski definition) is 2. The van der Waals surface area contributed by atoms with Gasteiger partial charge in [0.05, 0.1) is 6.10 Å². The lowest BCUT2D eigenvalue weighted by Gasteiger charge is -2.23. The molecule has 106 valence electrons. The molecule has 1 aromatic rings. The van der Waals surface area contributed by atoms with Gasteiger partial charge in [0.25, 0.3) is 0 Å². The molecule has 0 aliphatic carbocycles. The molecule has 2 unspecified atom stereocenters. The molecule has 0 saturated carbocycles. The molecule has 1 aliphatic heterocycles. The van der Waals surface area contributed by atoms with Gasteiger partial charge in [0.15, 0.2) is 0 Å². The van der Waals surface area contributed by atoms with Gasteiger partial charge in [-0.25, -0.2) is 4.39 Å². The Morgan fingerprint density at radius 2 is 2.26 bits per heavy atom. The van der Waals surface area contributed by atoms with E-state index in [1.165, 1.54) is 12.5 Å². The monoisotopic (exact) mass is 285 g/mol. The Balaban J connectivity index is 1.80. The van der Waals surface area contributed by atoms with E-state index in [1.54, 1.807) is 12.1 Å². The highest BCUT2D eigenvalue weighted by Gasteiger charge is 2.16. The number of hydrogen-bond donors (Lipinski definition) is 1. The van der Waals surface area contributed by atoms with Crippen molar-refractivity contribution < 1.29 is 9.13 Å². The van der Waals surface area contributed by atoms with Crippen molar-refractivity contribution in [1.82, 2.24) is 0 Å². The molecule has 1 aromatic carbocycles. The topological polar surface area (TPSA) is 35.2 Å². The highest BCUT2D eigenvalue weighted by atomic mass is 35.5. The van der Waals surface area contributed by atoms with E-state index >= 15 is 0 Å². The second kappa shape index (κ2) is 7.22. The van der Waals surface area contributed by atoms with Crippen LogP contribution < -0.4 is 5.73 Å². The third kappa shape index (κ3) is 4.75. The molecule has 0 spiro atoms. The molecular weight excluding hydrogens is 265 g/mol. The molecule has 2 N–H and O–H groups in total. The fourth-order valence-corrected chi connectivity index (χ4v) is 2.71. The van der Waals surface area contributed by atoms with Crippen molar-refractivity contribution in [2.75, 3.05) is 6.61 Å². The van der Waals surface area contributed by atoms with Crippen molar-refractivity contribution in [1.29, 1.82) is 0 Å². The highest BCUT2D eigenvalue weighted by Crippen LogP contribution is 2.20. The Morgan fingerprint density at radius 1 is 1.42 bits per heavy atom. The molecule has 0 bridgehead atoms. The maximum Gasteiger partial charge on any atom is 0.126 e. The van der Waals surface area contributed by atoms with E-state index in [2.05, 4.69) is 0 Å². The van der Waals surface area contributed by atoms with Gasteiger partial charge in [-0.15, -0.1) is 0 Å². The van der Waals surface area contributed by atoms with Crippen molar-refractivity contribution in [3.8, 4) is 0 Å². The number of halogens is 2. The van der Waals surface area contributed by atoms with Crippen LogP contribution in [0.2, 0.25) is 5.02 Å². The van der Waals surface area contributed by atoms with Crippen molar-refractivity contribution in [2.45, 2.75) is 50.7 Å². The Bertz CT molecular complexity index is 407. The number of benzene rings is 1. The second-order valence-corrected chi connectivity index (χ2v) is 5.70. The molecule has 1 saturated heterocycles. The number of ether oxygens (including phenoxy) is 1. The number of nitrogens with two attached hydrogens (primary N) is 1. The third-order valence-electron chi connectivity index (χ3n) is 3.62. The highest BCUT2D eigenvalue weighted by molar-refractivity contribution is 6.30. The van der Waals surface area contributed by atoms with Crippen LogP contribution in [0.25, 0.3) is 0 Å². The van der Waals surface area contributed by atoms with Crippen molar-refractivity contribution >= 4 is 11.6 Å². The van der Waals surface area contributed by atoms with Crippen LogP contribution in [-0.4, -0.2) is 18.8 Å². The van der Waals surface area contributed by atoms with Gasteiger partial charge in [-0.05, 0) is 62.3 Å². The minimum Gasteiger partial charge on any atom is -0.378 e. The molecule has 2 nitrogen and oxygen atoms in total.